The minimum absolute atomic E-state index is 0.0822. The summed E-state index contributed by atoms with van der Waals surface area (Å²) in [5.41, 5.74) is 0.546. The maximum Gasteiger partial charge on any atom is 0.343 e. The first-order chi connectivity index (χ1) is 11.0. The van der Waals surface area contributed by atoms with Gasteiger partial charge in [-0.1, -0.05) is 16.8 Å². The molecule has 0 amide bonds. The van der Waals surface area contributed by atoms with Crippen LogP contribution in [0.3, 0.4) is 0 Å². The van der Waals surface area contributed by atoms with E-state index in [9.17, 15) is 15.0 Å². The molecule has 23 heavy (non-hydrogen) atoms. The molecule has 0 unspecified atom stereocenters. The molecule has 7 heteroatoms. The number of esters is 1. The first-order valence-electron chi connectivity index (χ1n) is 6.49. The molecule has 0 atom stereocenters. The quantitative estimate of drug-likeness (QED) is 0.432. The lowest BCUT2D eigenvalue weighted by molar-refractivity contribution is 0.0735. The van der Waals surface area contributed by atoms with E-state index in [0.717, 1.165) is 6.07 Å². The average molecular weight is 332 g/mol. The summed E-state index contributed by atoms with van der Waals surface area (Å²) < 4.78 is 10.4. The second-order valence-corrected chi connectivity index (χ2v) is 5.05. The van der Waals surface area contributed by atoms with Crippen molar-refractivity contribution in [3.63, 3.8) is 0 Å². The summed E-state index contributed by atoms with van der Waals surface area (Å²) in [5.74, 6) is -0.822. The van der Waals surface area contributed by atoms with Crippen LogP contribution in [0.25, 0.3) is 11.3 Å². The summed E-state index contributed by atoms with van der Waals surface area (Å²) >= 11 is 5.96. The summed E-state index contributed by atoms with van der Waals surface area (Å²) in [6.45, 7) is 0. The van der Waals surface area contributed by atoms with Crippen molar-refractivity contribution in [3.05, 3.63) is 59.2 Å². The van der Waals surface area contributed by atoms with E-state index in [1.165, 1.54) is 24.4 Å². The van der Waals surface area contributed by atoms with Gasteiger partial charge in [0.25, 0.3) is 0 Å². The first kappa shape index (κ1) is 14.9. The number of rotatable bonds is 3. The average Bonchev–Trinajstić information content (AvgIpc) is 3.06. The molecule has 3 rings (SSSR count). The number of carbonyl (C=O) groups excluding carboxylic acids is 1. The number of carbonyl (C=O) groups is 1. The third-order valence-electron chi connectivity index (χ3n) is 3.06. The third-order valence-corrected chi connectivity index (χ3v) is 3.29. The zero-order valence-corrected chi connectivity index (χ0v) is 12.3. The Hall–Kier alpha value is -2.99. The lowest BCUT2D eigenvalue weighted by atomic mass is 10.1. The molecule has 0 fully saturated rings. The molecule has 1 heterocycles. The minimum Gasteiger partial charge on any atom is -0.504 e. The van der Waals surface area contributed by atoms with E-state index >= 15 is 0 Å². The number of halogens is 1. The molecule has 0 aliphatic heterocycles. The largest absolute Gasteiger partial charge is 0.504 e. The topological polar surface area (TPSA) is 92.8 Å². The molecule has 0 aliphatic rings. The van der Waals surface area contributed by atoms with Gasteiger partial charge >= 0.3 is 5.97 Å². The number of aromatic hydroxyl groups is 2. The lowest BCUT2D eigenvalue weighted by Gasteiger charge is -2.09. The van der Waals surface area contributed by atoms with Crippen molar-refractivity contribution < 1.29 is 24.3 Å². The van der Waals surface area contributed by atoms with Gasteiger partial charge in [0.05, 0.1) is 17.3 Å². The Bertz CT molecular complexity index is 861. The third kappa shape index (κ3) is 3.12. The van der Waals surface area contributed by atoms with Gasteiger partial charge in [0.15, 0.2) is 17.3 Å². The normalized spacial score (nSPS) is 10.5. The predicted octanol–water partition coefficient (Wildman–Crippen LogP) is 3.63. The molecular weight excluding hydrogens is 322 g/mol. The highest BCUT2D eigenvalue weighted by atomic mass is 35.5. The number of hydrogen-bond acceptors (Lipinski definition) is 6. The van der Waals surface area contributed by atoms with Gasteiger partial charge in [0.2, 0.25) is 0 Å². The van der Waals surface area contributed by atoms with Crippen molar-refractivity contribution >= 4 is 17.6 Å². The van der Waals surface area contributed by atoms with Crippen LogP contribution in [0.2, 0.25) is 5.02 Å². The maximum atomic E-state index is 12.2. The van der Waals surface area contributed by atoms with Crippen molar-refractivity contribution in [3.8, 4) is 28.6 Å². The maximum absolute atomic E-state index is 12.2. The van der Waals surface area contributed by atoms with E-state index in [1.807, 2.05) is 0 Å². The van der Waals surface area contributed by atoms with Gasteiger partial charge in [-0.2, -0.15) is 0 Å². The smallest absolute Gasteiger partial charge is 0.343 e. The summed E-state index contributed by atoms with van der Waals surface area (Å²) in [7, 11) is 0. The second-order valence-electron chi connectivity index (χ2n) is 4.61. The van der Waals surface area contributed by atoms with Crippen molar-refractivity contribution in [1.82, 2.24) is 5.16 Å². The number of phenols is 2. The first-order valence-corrected chi connectivity index (χ1v) is 6.87. The Kier molecular flexibility index (Phi) is 3.91. The standard InChI is InChI=1S/C16H10ClNO5/c17-10-2-4-14(11(8-10)15-5-6-18-23-15)22-16(21)9-1-3-12(19)13(20)7-9/h1-8,19-20H. The molecule has 116 valence electrons. The van der Waals surface area contributed by atoms with Crippen LogP contribution < -0.4 is 4.74 Å². The summed E-state index contributed by atoms with van der Waals surface area (Å²) in [6.07, 6.45) is 1.46. The van der Waals surface area contributed by atoms with Crippen molar-refractivity contribution in [1.29, 1.82) is 0 Å². The van der Waals surface area contributed by atoms with Crippen LogP contribution in [0.5, 0.6) is 17.2 Å². The minimum atomic E-state index is -0.705. The molecule has 1 aromatic heterocycles. The van der Waals surface area contributed by atoms with Crippen LogP contribution in [0.1, 0.15) is 10.4 Å². The van der Waals surface area contributed by atoms with Crippen molar-refractivity contribution in [2.45, 2.75) is 0 Å². The molecule has 0 spiro atoms. The number of ether oxygens (including phenoxy) is 1. The van der Waals surface area contributed by atoms with E-state index in [1.54, 1.807) is 18.2 Å². The van der Waals surface area contributed by atoms with Crippen LogP contribution in [0, 0.1) is 0 Å². The fraction of sp³-hybridized carbons (Fsp3) is 0. The molecule has 0 bridgehead atoms. The Balaban J connectivity index is 1.93. The summed E-state index contributed by atoms with van der Waals surface area (Å²) in [6, 6.07) is 9.93. The highest BCUT2D eigenvalue weighted by molar-refractivity contribution is 6.31. The molecular formula is C16H10ClNO5. The summed E-state index contributed by atoms with van der Waals surface area (Å²) in [5, 5.41) is 22.8. The lowest BCUT2D eigenvalue weighted by Crippen LogP contribution is -2.09. The van der Waals surface area contributed by atoms with E-state index in [4.69, 9.17) is 20.9 Å². The van der Waals surface area contributed by atoms with E-state index in [-0.39, 0.29) is 17.1 Å². The van der Waals surface area contributed by atoms with Gasteiger partial charge in [-0.05, 0) is 36.4 Å². The number of phenolic OH excluding ortho intramolecular Hbond substituents is 2. The Morgan fingerprint density at radius 1 is 1.09 bits per heavy atom. The van der Waals surface area contributed by atoms with Gasteiger partial charge in [0.1, 0.15) is 5.75 Å². The molecule has 2 aromatic carbocycles. The van der Waals surface area contributed by atoms with Crippen LogP contribution >= 0.6 is 11.6 Å². The molecule has 3 aromatic rings. The molecule has 0 saturated heterocycles. The van der Waals surface area contributed by atoms with Crippen molar-refractivity contribution in [2.24, 2.45) is 0 Å². The van der Waals surface area contributed by atoms with E-state index in [2.05, 4.69) is 5.16 Å². The monoisotopic (exact) mass is 331 g/mol. The molecule has 0 saturated carbocycles. The highest BCUT2D eigenvalue weighted by Gasteiger charge is 2.16. The van der Waals surface area contributed by atoms with Gasteiger partial charge in [0, 0.05) is 11.1 Å². The number of benzene rings is 2. The van der Waals surface area contributed by atoms with E-state index < -0.39 is 11.7 Å². The number of aromatic nitrogens is 1. The summed E-state index contributed by atoms with van der Waals surface area (Å²) in [4.78, 5) is 12.2. The van der Waals surface area contributed by atoms with Gasteiger partial charge in [-0.3, -0.25) is 0 Å². The van der Waals surface area contributed by atoms with Gasteiger partial charge in [-0.15, -0.1) is 0 Å². The SMILES string of the molecule is O=C(Oc1ccc(Cl)cc1-c1ccno1)c1ccc(O)c(O)c1. The van der Waals surface area contributed by atoms with Crippen LogP contribution in [0.15, 0.2) is 53.2 Å². The molecule has 6 nitrogen and oxygen atoms in total. The zero-order valence-electron chi connectivity index (χ0n) is 11.6. The molecule has 2 N–H and O–H groups in total. The molecule has 0 aliphatic carbocycles. The Labute approximate surface area is 135 Å². The van der Waals surface area contributed by atoms with Crippen molar-refractivity contribution in [2.75, 3.05) is 0 Å². The van der Waals surface area contributed by atoms with Gasteiger partial charge < -0.3 is 19.5 Å². The second kappa shape index (κ2) is 6.02. The van der Waals surface area contributed by atoms with E-state index in [0.29, 0.717) is 16.3 Å². The Morgan fingerprint density at radius 3 is 2.61 bits per heavy atom. The Morgan fingerprint density at radius 2 is 1.91 bits per heavy atom. The molecule has 0 radical (unpaired) electrons. The number of nitrogens with zero attached hydrogens (tertiary/aromatic N) is 1. The number of hydrogen-bond donors (Lipinski definition) is 2. The zero-order chi connectivity index (χ0) is 16.4. The fourth-order valence-corrected chi connectivity index (χ4v) is 2.12. The van der Waals surface area contributed by atoms with Crippen LogP contribution in [0.4, 0.5) is 0 Å². The highest BCUT2D eigenvalue weighted by Crippen LogP contribution is 2.33. The van der Waals surface area contributed by atoms with Crippen LogP contribution in [-0.4, -0.2) is 21.3 Å². The van der Waals surface area contributed by atoms with Crippen LogP contribution in [-0.2, 0) is 0 Å². The van der Waals surface area contributed by atoms with Gasteiger partial charge in [-0.25, -0.2) is 4.79 Å². The fourth-order valence-electron chi connectivity index (χ4n) is 1.95. The predicted molar refractivity (Wildman–Crippen MR) is 81.7 cm³/mol.